The Labute approximate surface area is 165 Å². The maximum Gasteiger partial charge on any atom is 0.320 e. The van der Waals surface area contributed by atoms with E-state index in [1.54, 1.807) is 13.0 Å². The average Bonchev–Trinajstić information content (AvgIpc) is 2.92. The number of carboxylic acid groups (broad SMARTS) is 1. The first-order valence-electron chi connectivity index (χ1n) is 7.74. The summed E-state index contributed by atoms with van der Waals surface area (Å²) in [5, 5.41) is 11.8. The number of rotatable bonds is 7. The van der Waals surface area contributed by atoms with Gasteiger partial charge < -0.3 is 16.2 Å². The fraction of sp³-hybridized carbons (Fsp3) is 0.312. The number of thiazole rings is 1. The number of anilines is 1. The van der Waals surface area contributed by atoms with Crippen molar-refractivity contribution in [3.05, 3.63) is 28.9 Å². The predicted octanol–water partition coefficient (Wildman–Crippen LogP) is 2.31. The molecule has 146 valence electrons. The molecule has 1 amide bonds. The van der Waals surface area contributed by atoms with Crippen molar-refractivity contribution in [1.82, 2.24) is 4.98 Å². The Kier molecular flexibility index (Phi) is 6.58. The Hall–Kier alpha value is -2.01. The molecule has 2 rings (SSSR count). The molecule has 0 radical (unpaired) electrons. The SMILES string of the molecule is Cc1nc(NC(=O)CC[C@H](N)C(=O)O)sc1-c1ccc(Cl)c(S(C)(=O)=O)c1. The van der Waals surface area contributed by atoms with E-state index in [-0.39, 0.29) is 22.8 Å². The number of nitrogens with zero attached hydrogens (tertiary/aromatic N) is 1. The molecule has 2 aromatic rings. The van der Waals surface area contributed by atoms with E-state index in [0.717, 1.165) is 6.26 Å². The van der Waals surface area contributed by atoms with E-state index >= 15 is 0 Å². The molecule has 0 fully saturated rings. The summed E-state index contributed by atoms with van der Waals surface area (Å²) in [7, 11) is -3.49. The van der Waals surface area contributed by atoms with E-state index in [4.69, 9.17) is 22.4 Å². The molecule has 1 atom stereocenters. The van der Waals surface area contributed by atoms with Gasteiger partial charge in [0, 0.05) is 12.7 Å². The van der Waals surface area contributed by atoms with Crippen LogP contribution < -0.4 is 11.1 Å². The van der Waals surface area contributed by atoms with E-state index in [0.29, 0.717) is 21.3 Å². The maximum atomic E-state index is 11.9. The van der Waals surface area contributed by atoms with Crippen LogP contribution in [0.1, 0.15) is 18.5 Å². The van der Waals surface area contributed by atoms with Crippen LogP contribution in [0.2, 0.25) is 5.02 Å². The minimum atomic E-state index is -3.49. The third-order valence-electron chi connectivity index (χ3n) is 3.64. The van der Waals surface area contributed by atoms with Crippen LogP contribution in [-0.2, 0) is 19.4 Å². The zero-order valence-electron chi connectivity index (χ0n) is 14.5. The Bertz CT molecular complexity index is 988. The third-order valence-corrected chi connectivity index (χ3v) is 6.34. The van der Waals surface area contributed by atoms with Crippen molar-refractivity contribution >= 4 is 49.8 Å². The van der Waals surface area contributed by atoms with Crippen molar-refractivity contribution in [3.63, 3.8) is 0 Å². The highest BCUT2D eigenvalue weighted by Gasteiger charge is 2.18. The van der Waals surface area contributed by atoms with Crippen LogP contribution in [0.5, 0.6) is 0 Å². The second kappa shape index (κ2) is 8.34. The van der Waals surface area contributed by atoms with Gasteiger partial charge in [-0.2, -0.15) is 0 Å². The lowest BCUT2D eigenvalue weighted by Crippen LogP contribution is -2.31. The predicted molar refractivity (Wildman–Crippen MR) is 104 cm³/mol. The molecule has 1 heterocycles. The van der Waals surface area contributed by atoms with Crippen LogP contribution >= 0.6 is 22.9 Å². The summed E-state index contributed by atoms with van der Waals surface area (Å²) < 4.78 is 23.7. The number of aromatic nitrogens is 1. The molecule has 0 unspecified atom stereocenters. The number of sulfone groups is 1. The normalized spacial score (nSPS) is 12.6. The molecule has 0 aliphatic carbocycles. The van der Waals surface area contributed by atoms with Crippen LogP contribution in [0.3, 0.4) is 0 Å². The van der Waals surface area contributed by atoms with Gasteiger partial charge >= 0.3 is 5.97 Å². The minimum absolute atomic E-state index is 0.00723. The Morgan fingerprint density at radius 1 is 1.41 bits per heavy atom. The smallest absolute Gasteiger partial charge is 0.320 e. The van der Waals surface area contributed by atoms with Gasteiger partial charge in [0.1, 0.15) is 6.04 Å². The van der Waals surface area contributed by atoms with Gasteiger partial charge in [0.05, 0.1) is 20.5 Å². The van der Waals surface area contributed by atoms with Crippen LogP contribution in [0.15, 0.2) is 23.1 Å². The van der Waals surface area contributed by atoms with E-state index in [1.165, 1.54) is 23.5 Å². The maximum absolute atomic E-state index is 11.9. The first-order valence-corrected chi connectivity index (χ1v) is 10.8. The summed E-state index contributed by atoms with van der Waals surface area (Å²) in [5.74, 6) is -1.57. The first kappa shape index (κ1) is 21.3. The van der Waals surface area contributed by atoms with E-state index in [9.17, 15) is 18.0 Å². The number of aliphatic carboxylic acids is 1. The van der Waals surface area contributed by atoms with Crippen molar-refractivity contribution in [1.29, 1.82) is 0 Å². The number of benzene rings is 1. The summed E-state index contributed by atoms with van der Waals surface area (Å²) in [4.78, 5) is 27.6. The second-order valence-electron chi connectivity index (χ2n) is 5.88. The standard InChI is InChI=1S/C16H18ClN3O5S2/c1-8-14(9-3-4-10(17)12(7-9)27(2,24)25)26-16(19-8)20-13(21)6-5-11(18)15(22)23/h3-4,7,11H,5-6,18H2,1-2H3,(H,22,23)(H,19,20,21)/t11-/m0/s1. The number of nitrogens with two attached hydrogens (primary N) is 1. The largest absolute Gasteiger partial charge is 0.480 e. The monoisotopic (exact) mass is 431 g/mol. The summed E-state index contributed by atoms with van der Waals surface area (Å²) in [5.41, 5.74) is 6.60. The molecule has 0 saturated heterocycles. The minimum Gasteiger partial charge on any atom is -0.480 e. The molecule has 8 nitrogen and oxygen atoms in total. The molecule has 0 saturated carbocycles. The van der Waals surface area contributed by atoms with Crippen molar-refractivity contribution in [2.24, 2.45) is 5.73 Å². The highest BCUT2D eigenvalue weighted by Crippen LogP contribution is 2.35. The summed E-state index contributed by atoms with van der Waals surface area (Å²) >= 11 is 7.14. The van der Waals surface area contributed by atoms with Gasteiger partial charge in [0.25, 0.3) is 0 Å². The molecule has 0 bridgehead atoms. The lowest BCUT2D eigenvalue weighted by Gasteiger charge is -2.05. The molecular formula is C16H18ClN3O5S2. The van der Waals surface area contributed by atoms with E-state index in [1.807, 2.05) is 0 Å². The zero-order chi connectivity index (χ0) is 20.4. The Balaban J connectivity index is 2.20. The summed E-state index contributed by atoms with van der Waals surface area (Å²) in [6.45, 7) is 1.73. The molecule has 0 aliphatic rings. The van der Waals surface area contributed by atoms with Crippen molar-refractivity contribution < 1.29 is 23.1 Å². The van der Waals surface area contributed by atoms with Gasteiger partial charge in [-0.15, -0.1) is 0 Å². The van der Waals surface area contributed by atoms with Gasteiger partial charge in [0.15, 0.2) is 15.0 Å². The molecule has 27 heavy (non-hydrogen) atoms. The number of hydrogen-bond donors (Lipinski definition) is 3. The molecule has 0 spiro atoms. The highest BCUT2D eigenvalue weighted by molar-refractivity contribution is 7.90. The molecule has 1 aromatic heterocycles. The molecule has 0 aliphatic heterocycles. The molecule has 1 aromatic carbocycles. The number of amides is 1. The summed E-state index contributed by atoms with van der Waals surface area (Å²) in [6.07, 6.45) is 1.03. The number of hydrogen-bond acceptors (Lipinski definition) is 7. The lowest BCUT2D eigenvalue weighted by molar-refractivity contribution is -0.138. The van der Waals surface area contributed by atoms with Crippen LogP contribution in [0, 0.1) is 6.92 Å². The van der Waals surface area contributed by atoms with E-state index < -0.39 is 27.8 Å². The Morgan fingerprint density at radius 3 is 2.67 bits per heavy atom. The highest BCUT2D eigenvalue weighted by atomic mass is 35.5. The van der Waals surface area contributed by atoms with Gasteiger partial charge in [-0.3, -0.25) is 9.59 Å². The topological polar surface area (TPSA) is 139 Å². The number of carboxylic acids is 1. The fourth-order valence-corrected chi connectivity index (χ4v) is 4.52. The van der Waals surface area contributed by atoms with Gasteiger partial charge in [-0.25, -0.2) is 13.4 Å². The van der Waals surface area contributed by atoms with Crippen LogP contribution in [-0.4, -0.2) is 42.7 Å². The zero-order valence-corrected chi connectivity index (χ0v) is 16.9. The van der Waals surface area contributed by atoms with Crippen molar-refractivity contribution in [2.45, 2.75) is 30.7 Å². The van der Waals surface area contributed by atoms with Crippen molar-refractivity contribution in [3.8, 4) is 10.4 Å². The third kappa shape index (κ3) is 5.48. The molecule has 4 N–H and O–H groups in total. The first-order chi connectivity index (χ1) is 12.5. The van der Waals surface area contributed by atoms with Gasteiger partial charge in [0.2, 0.25) is 5.91 Å². The molecule has 11 heteroatoms. The molecular weight excluding hydrogens is 414 g/mol. The number of aryl methyl sites for hydroxylation is 1. The lowest BCUT2D eigenvalue weighted by atomic mass is 10.1. The fourth-order valence-electron chi connectivity index (χ4n) is 2.24. The average molecular weight is 432 g/mol. The second-order valence-corrected chi connectivity index (χ2v) is 9.27. The van der Waals surface area contributed by atoms with Gasteiger partial charge in [-0.05, 0) is 31.0 Å². The summed E-state index contributed by atoms with van der Waals surface area (Å²) in [6, 6.07) is 3.54. The van der Waals surface area contributed by atoms with Gasteiger partial charge in [-0.1, -0.05) is 29.0 Å². The van der Waals surface area contributed by atoms with Crippen LogP contribution in [0.25, 0.3) is 10.4 Å². The number of halogens is 1. The quantitative estimate of drug-likeness (QED) is 0.610. The number of carbonyl (C=O) groups is 2. The number of carbonyl (C=O) groups excluding carboxylic acids is 1. The number of nitrogens with one attached hydrogen (secondary N) is 1. The van der Waals surface area contributed by atoms with Crippen molar-refractivity contribution in [2.75, 3.05) is 11.6 Å². The Morgan fingerprint density at radius 2 is 2.07 bits per heavy atom. The van der Waals surface area contributed by atoms with E-state index in [2.05, 4.69) is 10.3 Å². The van der Waals surface area contributed by atoms with Crippen LogP contribution in [0.4, 0.5) is 5.13 Å².